The van der Waals surface area contributed by atoms with Crippen LogP contribution in [0.4, 0.5) is 4.79 Å². The Labute approximate surface area is 124 Å². The van der Waals surface area contributed by atoms with Gasteiger partial charge in [0.1, 0.15) is 0 Å². The van der Waals surface area contributed by atoms with Crippen molar-refractivity contribution in [2.75, 3.05) is 27.2 Å². The minimum absolute atomic E-state index is 0.0264. The van der Waals surface area contributed by atoms with Gasteiger partial charge in [-0.2, -0.15) is 0 Å². The first-order valence-electron chi connectivity index (χ1n) is 7.30. The van der Waals surface area contributed by atoms with Crippen molar-refractivity contribution in [1.29, 1.82) is 0 Å². The van der Waals surface area contributed by atoms with Gasteiger partial charge >= 0.3 is 6.03 Å². The molecule has 0 aliphatic carbocycles. The predicted molar refractivity (Wildman–Crippen MR) is 83.8 cm³/mol. The van der Waals surface area contributed by atoms with Gasteiger partial charge in [-0.05, 0) is 39.3 Å². The molecule has 20 heavy (non-hydrogen) atoms. The zero-order valence-corrected chi connectivity index (χ0v) is 14.4. The molecule has 120 valence electrons. The van der Waals surface area contributed by atoms with Crippen LogP contribution in [0.25, 0.3) is 0 Å². The summed E-state index contributed by atoms with van der Waals surface area (Å²) in [4.78, 5) is 14.0. The summed E-state index contributed by atoms with van der Waals surface area (Å²) in [6.45, 7) is 13.0. The topological polar surface area (TPSA) is 64.6 Å². The molecule has 0 aliphatic rings. The molecule has 0 rings (SSSR count). The van der Waals surface area contributed by atoms with E-state index in [0.29, 0.717) is 0 Å². The summed E-state index contributed by atoms with van der Waals surface area (Å²) in [5.74, 6) is 0.0883. The Kier molecular flexibility index (Phi) is 6.98. The third-order valence-corrected chi connectivity index (χ3v) is 4.09. The van der Waals surface area contributed by atoms with Crippen LogP contribution in [0.5, 0.6) is 0 Å². The molecular weight excluding hydrogens is 254 g/mol. The Morgan fingerprint density at radius 1 is 1.20 bits per heavy atom. The molecule has 2 amide bonds. The highest BCUT2D eigenvalue weighted by Crippen LogP contribution is 2.21. The Balaban J connectivity index is 4.34. The molecule has 5 nitrogen and oxygen atoms in total. The maximum Gasteiger partial charge on any atom is 0.315 e. The molecule has 0 saturated carbocycles. The number of amides is 2. The molecule has 5 heteroatoms. The molecule has 0 aromatic heterocycles. The maximum atomic E-state index is 11.9. The largest absolute Gasteiger partial charge is 0.388 e. The van der Waals surface area contributed by atoms with Crippen LogP contribution in [0.1, 0.15) is 41.5 Å². The first-order chi connectivity index (χ1) is 8.88. The molecule has 2 atom stereocenters. The van der Waals surface area contributed by atoms with E-state index in [-0.39, 0.29) is 30.0 Å². The predicted octanol–water partition coefficient (Wildman–Crippen LogP) is 1.67. The number of hydrogen-bond donors (Lipinski definition) is 3. The molecule has 0 saturated heterocycles. The summed E-state index contributed by atoms with van der Waals surface area (Å²) in [5.41, 5.74) is -0.916. The van der Waals surface area contributed by atoms with Crippen molar-refractivity contribution >= 4 is 6.03 Å². The van der Waals surface area contributed by atoms with Gasteiger partial charge in [-0.1, -0.05) is 27.7 Å². The smallest absolute Gasteiger partial charge is 0.315 e. The fourth-order valence-corrected chi connectivity index (χ4v) is 1.86. The van der Waals surface area contributed by atoms with E-state index in [1.54, 1.807) is 6.92 Å². The lowest BCUT2D eigenvalue weighted by Gasteiger charge is -2.35. The van der Waals surface area contributed by atoms with E-state index in [4.69, 9.17) is 0 Å². The van der Waals surface area contributed by atoms with Gasteiger partial charge in [-0.15, -0.1) is 0 Å². The van der Waals surface area contributed by atoms with Crippen molar-refractivity contribution in [1.82, 2.24) is 15.5 Å². The third-order valence-electron chi connectivity index (χ3n) is 4.09. The molecule has 0 bridgehead atoms. The van der Waals surface area contributed by atoms with Gasteiger partial charge in [0.2, 0.25) is 0 Å². The number of nitrogens with zero attached hydrogens (tertiary/aromatic N) is 1. The van der Waals surface area contributed by atoms with Crippen LogP contribution in [0.3, 0.4) is 0 Å². The molecule has 0 spiro atoms. The Hall–Kier alpha value is -0.810. The second-order valence-corrected chi connectivity index (χ2v) is 7.29. The van der Waals surface area contributed by atoms with Crippen molar-refractivity contribution in [2.45, 2.75) is 53.2 Å². The first kappa shape index (κ1) is 19.2. The van der Waals surface area contributed by atoms with E-state index in [1.165, 1.54) is 0 Å². The number of carbonyl (C=O) groups excluding carboxylic acids is 1. The lowest BCUT2D eigenvalue weighted by atomic mass is 9.85. The molecule has 0 aromatic carbocycles. The van der Waals surface area contributed by atoms with E-state index in [2.05, 4.69) is 29.4 Å². The van der Waals surface area contributed by atoms with E-state index in [0.717, 1.165) is 6.54 Å². The van der Waals surface area contributed by atoms with E-state index in [1.807, 2.05) is 34.9 Å². The highest BCUT2D eigenvalue weighted by atomic mass is 16.3. The van der Waals surface area contributed by atoms with Gasteiger partial charge in [0.15, 0.2) is 0 Å². The fourth-order valence-electron chi connectivity index (χ4n) is 1.86. The Morgan fingerprint density at radius 2 is 1.70 bits per heavy atom. The van der Waals surface area contributed by atoms with Crippen LogP contribution in [0, 0.1) is 11.3 Å². The van der Waals surface area contributed by atoms with Crippen molar-refractivity contribution < 1.29 is 9.90 Å². The number of rotatable bonds is 7. The molecule has 0 fully saturated rings. The van der Waals surface area contributed by atoms with Gasteiger partial charge in [-0.25, -0.2) is 4.79 Å². The van der Waals surface area contributed by atoms with Crippen LogP contribution in [0.15, 0.2) is 0 Å². The summed E-state index contributed by atoms with van der Waals surface area (Å²) in [7, 11) is 4.04. The summed E-state index contributed by atoms with van der Waals surface area (Å²) in [6, 6.07) is -0.195. The van der Waals surface area contributed by atoms with Crippen molar-refractivity contribution in [2.24, 2.45) is 11.3 Å². The van der Waals surface area contributed by atoms with Crippen molar-refractivity contribution in [3.05, 3.63) is 0 Å². The van der Waals surface area contributed by atoms with E-state index < -0.39 is 5.60 Å². The fraction of sp³-hybridized carbons (Fsp3) is 0.933. The average Bonchev–Trinajstić information content (AvgIpc) is 2.24. The van der Waals surface area contributed by atoms with E-state index in [9.17, 15) is 9.90 Å². The zero-order valence-electron chi connectivity index (χ0n) is 14.4. The quantitative estimate of drug-likeness (QED) is 0.667. The van der Waals surface area contributed by atoms with Gasteiger partial charge < -0.3 is 20.6 Å². The maximum absolute atomic E-state index is 11.9. The number of aliphatic hydroxyl groups is 1. The summed E-state index contributed by atoms with van der Waals surface area (Å²) >= 11 is 0. The highest BCUT2D eigenvalue weighted by molar-refractivity contribution is 5.74. The Morgan fingerprint density at radius 3 is 2.10 bits per heavy atom. The zero-order chi connectivity index (χ0) is 16.1. The lowest BCUT2D eigenvalue weighted by molar-refractivity contribution is 0.0164. The van der Waals surface area contributed by atoms with Crippen LogP contribution in [0.2, 0.25) is 0 Å². The summed E-state index contributed by atoms with van der Waals surface area (Å²) in [5, 5.41) is 15.8. The summed E-state index contributed by atoms with van der Waals surface area (Å²) < 4.78 is 0. The van der Waals surface area contributed by atoms with Crippen LogP contribution < -0.4 is 10.6 Å². The standard InChI is InChI=1S/C15H33N3O2/c1-11(2)15(6,20)9-16-13(19)17-12(3)14(4,5)10-18(7)8/h11-12,20H,9-10H2,1-8H3,(H2,16,17,19). The van der Waals surface area contributed by atoms with Crippen LogP contribution >= 0.6 is 0 Å². The average molecular weight is 287 g/mol. The first-order valence-corrected chi connectivity index (χ1v) is 7.30. The molecule has 0 heterocycles. The molecule has 0 aliphatic heterocycles. The molecule has 0 aromatic rings. The Bertz CT molecular complexity index is 312. The summed E-state index contributed by atoms with van der Waals surface area (Å²) in [6.07, 6.45) is 0. The second kappa shape index (κ2) is 7.27. The number of nitrogens with one attached hydrogen (secondary N) is 2. The molecule has 0 radical (unpaired) electrons. The molecule has 3 N–H and O–H groups in total. The number of urea groups is 1. The van der Waals surface area contributed by atoms with Gasteiger partial charge in [0, 0.05) is 19.1 Å². The van der Waals surface area contributed by atoms with Gasteiger partial charge in [0.05, 0.1) is 5.60 Å². The molecule has 2 unspecified atom stereocenters. The van der Waals surface area contributed by atoms with Crippen molar-refractivity contribution in [3.63, 3.8) is 0 Å². The number of hydrogen-bond acceptors (Lipinski definition) is 3. The minimum Gasteiger partial charge on any atom is -0.388 e. The lowest BCUT2D eigenvalue weighted by Crippen LogP contribution is -2.53. The number of carbonyl (C=O) groups is 1. The minimum atomic E-state index is -0.889. The second-order valence-electron chi connectivity index (χ2n) is 7.29. The normalized spacial score (nSPS) is 16.9. The van der Waals surface area contributed by atoms with Crippen LogP contribution in [-0.4, -0.2) is 54.9 Å². The van der Waals surface area contributed by atoms with Gasteiger partial charge in [-0.3, -0.25) is 0 Å². The van der Waals surface area contributed by atoms with E-state index >= 15 is 0 Å². The SMILES string of the molecule is CC(NC(=O)NCC(C)(O)C(C)C)C(C)(C)CN(C)C. The third kappa shape index (κ3) is 6.57. The van der Waals surface area contributed by atoms with Gasteiger partial charge in [0.25, 0.3) is 0 Å². The highest BCUT2D eigenvalue weighted by Gasteiger charge is 2.29. The molecular formula is C15H33N3O2. The van der Waals surface area contributed by atoms with Crippen molar-refractivity contribution in [3.8, 4) is 0 Å². The van der Waals surface area contributed by atoms with Crippen LogP contribution in [-0.2, 0) is 0 Å². The monoisotopic (exact) mass is 287 g/mol.